The summed E-state index contributed by atoms with van der Waals surface area (Å²) in [6, 6.07) is 10.3. The minimum Gasteiger partial charge on any atom is -0.497 e. The van der Waals surface area contributed by atoms with Crippen LogP contribution in [-0.2, 0) is 0 Å². The third-order valence-corrected chi connectivity index (χ3v) is 3.15. The topological polar surface area (TPSA) is 59.6 Å². The molecule has 120 valence electrons. The molecule has 0 heterocycles. The molecular formula is C16H15FN2O3S. The van der Waals surface area contributed by atoms with Gasteiger partial charge in [0.15, 0.2) is 5.11 Å². The molecule has 0 bridgehead atoms. The van der Waals surface area contributed by atoms with Crippen LogP contribution in [0.15, 0.2) is 42.5 Å². The van der Waals surface area contributed by atoms with Gasteiger partial charge in [-0.15, -0.1) is 0 Å². The van der Waals surface area contributed by atoms with E-state index >= 15 is 0 Å². The van der Waals surface area contributed by atoms with Crippen molar-refractivity contribution in [1.82, 2.24) is 5.32 Å². The maximum atomic E-state index is 12.8. The van der Waals surface area contributed by atoms with Gasteiger partial charge in [-0.05, 0) is 36.5 Å². The number of carbonyl (C=O) groups excluding carboxylic acids is 1. The van der Waals surface area contributed by atoms with Gasteiger partial charge in [0.1, 0.15) is 17.3 Å². The number of ether oxygens (including phenoxy) is 2. The van der Waals surface area contributed by atoms with Crippen LogP contribution < -0.4 is 20.1 Å². The number of anilines is 1. The van der Waals surface area contributed by atoms with Crippen LogP contribution in [-0.4, -0.2) is 25.2 Å². The van der Waals surface area contributed by atoms with E-state index in [2.05, 4.69) is 10.6 Å². The SMILES string of the molecule is COc1cc(NC(=S)NC(=O)c2ccc(F)cc2)cc(OC)c1. The lowest BCUT2D eigenvalue weighted by atomic mass is 10.2. The van der Waals surface area contributed by atoms with Crippen LogP contribution in [0.4, 0.5) is 10.1 Å². The molecule has 0 unspecified atom stereocenters. The third kappa shape index (κ3) is 4.65. The van der Waals surface area contributed by atoms with E-state index in [1.165, 1.54) is 38.5 Å². The summed E-state index contributed by atoms with van der Waals surface area (Å²) in [5.41, 5.74) is 0.907. The first-order valence-electron chi connectivity index (χ1n) is 6.63. The Balaban J connectivity index is 2.04. The van der Waals surface area contributed by atoms with Gasteiger partial charge in [-0.1, -0.05) is 0 Å². The highest BCUT2D eigenvalue weighted by Gasteiger charge is 2.09. The first kappa shape index (κ1) is 16.7. The molecule has 5 nitrogen and oxygen atoms in total. The van der Waals surface area contributed by atoms with Crippen molar-refractivity contribution in [3.05, 3.63) is 53.8 Å². The molecule has 0 saturated carbocycles. The van der Waals surface area contributed by atoms with E-state index in [-0.39, 0.29) is 5.11 Å². The number of hydrogen-bond acceptors (Lipinski definition) is 4. The van der Waals surface area contributed by atoms with Crippen molar-refractivity contribution in [2.24, 2.45) is 0 Å². The molecule has 0 aromatic heterocycles. The highest BCUT2D eigenvalue weighted by molar-refractivity contribution is 7.80. The summed E-state index contributed by atoms with van der Waals surface area (Å²) >= 11 is 5.10. The molecule has 0 aliphatic rings. The van der Waals surface area contributed by atoms with Gasteiger partial charge in [-0.2, -0.15) is 0 Å². The van der Waals surface area contributed by atoms with Crippen LogP contribution in [0.25, 0.3) is 0 Å². The van der Waals surface area contributed by atoms with E-state index in [0.29, 0.717) is 22.7 Å². The predicted molar refractivity (Wildman–Crippen MR) is 89.6 cm³/mol. The molecule has 2 aromatic rings. The Morgan fingerprint density at radius 2 is 1.61 bits per heavy atom. The summed E-state index contributed by atoms with van der Waals surface area (Å²) in [5.74, 6) is 0.321. The number of thiocarbonyl (C=S) groups is 1. The molecular weight excluding hydrogens is 319 g/mol. The highest BCUT2D eigenvalue weighted by atomic mass is 32.1. The number of carbonyl (C=O) groups is 1. The Bertz CT molecular complexity index is 698. The van der Waals surface area contributed by atoms with Gasteiger partial charge in [0.2, 0.25) is 0 Å². The molecule has 2 aromatic carbocycles. The summed E-state index contributed by atoms with van der Waals surface area (Å²) in [5, 5.41) is 5.49. The molecule has 1 amide bonds. The molecule has 0 fully saturated rings. The lowest BCUT2D eigenvalue weighted by Crippen LogP contribution is -2.34. The Morgan fingerprint density at radius 3 is 2.13 bits per heavy atom. The van der Waals surface area contributed by atoms with Crippen LogP contribution in [0.5, 0.6) is 11.5 Å². The lowest BCUT2D eigenvalue weighted by molar-refractivity contribution is 0.0977. The molecule has 7 heteroatoms. The Kier molecular flexibility index (Phi) is 5.48. The van der Waals surface area contributed by atoms with E-state index in [4.69, 9.17) is 21.7 Å². The number of amides is 1. The highest BCUT2D eigenvalue weighted by Crippen LogP contribution is 2.25. The largest absolute Gasteiger partial charge is 0.497 e. The van der Waals surface area contributed by atoms with E-state index in [0.717, 1.165) is 0 Å². The Labute approximate surface area is 138 Å². The van der Waals surface area contributed by atoms with Gasteiger partial charge in [0, 0.05) is 29.4 Å². The second-order valence-corrected chi connectivity index (χ2v) is 4.92. The molecule has 0 saturated heterocycles. The number of hydrogen-bond donors (Lipinski definition) is 2. The first-order chi connectivity index (χ1) is 11.0. The van der Waals surface area contributed by atoms with Gasteiger partial charge in [0.05, 0.1) is 14.2 Å². The third-order valence-electron chi connectivity index (χ3n) is 2.94. The van der Waals surface area contributed by atoms with Crippen molar-refractivity contribution in [1.29, 1.82) is 0 Å². The van der Waals surface area contributed by atoms with Gasteiger partial charge in [-0.3, -0.25) is 10.1 Å². The molecule has 0 aliphatic heterocycles. The maximum absolute atomic E-state index is 12.8. The molecule has 0 radical (unpaired) electrons. The first-order valence-corrected chi connectivity index (χ1v) is 7.03. The lowest BCUT2D eigenvalue weighted by Gasteiger charge is -2.12. The average Bonchev–Trinajstić information content (AvgIpc) is 2.54. The monoisotopic (exact) mass is 334 g/mol. The number of benzene rings is 2. The number of nitrogens with one attached hydrogen (secondary N) is 2. The van der Waals surface area contributed by atoms with E-state index < -0.39 is 11.7 Å². The van der Waals surface area contributed by atoms with E-state index in [9.17, 15) is 9.18 Å². The quantitative estimate of drug-likeness (QED) is 0.842. The zero-order valence-corrected chi connectivity index (χ0v) is 13.4. The minimum atomic E-state index is -0.433. The number of rotatable bonds is 4. The summed E-state index contributed by atoms with van der Waals surface area (Å²) in [6.07, 6.45) is 0. The fraction of sp³-hybridized carbons (Fsp3) is 0.125. The summed E-state index contributed by atoms with van der Waals surface area (Å²) in [6.45, 7) is 0. The molecule has 0 spiro atoms. The van der Waals surface area contributed by atoms with Crippen LogP contribution in [0.3, 0.4) is 0 Å². The summed E-state index contributed by atoms with van der Waals surface area (Å²) in [7, 11) is 3.07. The minimum absolute atomic E-state index is 0.106. The standard InChI is InChI=1S/C16H15FN2O3S/c1-21-13-7-12(8-14(9-13)22-2)18-16(23)19-15(20)10-3-5-11(17)6-4-10/h3-9H,1-2H3,(H2,18,19,20,23). The smallest absolute Gasteiger partial charge is 0.257 e. The maximum Gasteiger partial charge on any atom is 0.257 e. The van der Waals surface area contributed by atoms with Crippen molar-refractivity contribution in [2.45, 2.75) is 0 Å². The van der Waals surface area contributed by atoms with Gasteiger partial charge >= 0.3 is 0 Å². The molecule has 0 aliphatic carbocycles. The molecule has 0 atom stereocenters. The van der Waals surface area contributed by atoms with Crippen molar-refractivity contribution in [3.8, 4) is 11.5 Å². The number of methoxy groups -OCH3 is 2. The van der Waals surface area contributed by atoms with Crippen LogP contribution in [0.2, 0.25) is 0 Å². The fourth-order valence-corrected chi connectivity index (χ4v) is 2.03. The average molecular weight is 334 g/mol. The van der Waals surface area contributed by atoms with Gasteiger partial charge in [0.25, 0.3) is 5.91 Å². The van der Waals surface area contributed by atoms with E-state index in [1.807, 2.05) is 0 Å². The normalized spacial score (nSPS) is 9.87. The van der Waals surface area contributed by atoms with Crippen molar-refractivity contribution in [2.75, 3.05) is 19.5 Å². The van der Waals surface area contributed by atoms with Gasteiger partial charge in [-0.25, -0.2) is 4.39 Å². The van der Waals surface area contributed by atoms with E-state index in [1.54, 1.807) is 18.2 Å². The van der Waals surface area contributed by atoms with Crippen LogP contribution in [0, 0.1) is 5.82 Å². The summed E-state index contributed by atoms with van der Waals surface area (Å²) in [4.78, 5) is 12.0. The second-order valence-electron chi connectivity index (χ2n) is 4.52. The van der Waals surface area contributed by atoms with Crippen LogP contribution in [0.1, 0.15) is 10.4 Å². The molecule has 23 heavy (non-hydrogen) atoms. The van der Waals surface area contributed by atoms with Crippen molar-refractivity contribution < 1.29 is 18.7 Å². The predicted octanol–water partition coefficient (Wildman–Crippen LogP) is 2.97. The zero-order valence-electron chi connectivity index (χ0n) is 12.6. The Morgan fingerprint density at radius 1 is 1.04 bits per heavy atom. The second kappa shape index (κ2) is 7.55. The Hall–Kier alpha value is -2.67. The molecule has 2 N–H and O–H groups in total. The number of halogens is 1. The fourth-order valence-electron chi connectivity index (χ4n) is 1.82. The summed E-state index contributed by atoms with van der Waals surface area (Å²) < 4.78 is 23.2. The van der Waals surface area contributed by atoms with Crippen molar-refractivity contribution in [3.63, 3.8) is 0 Å². The van der Waals surface area contributed by atoms with Crippen molar-refractivity contribution >= 4 is 28.9 Å². The zero-order chi connectivity index (χ0) is 16.8. The van der Waals surface area contributed by atoms with Gasteiger partial charge < -0.3 is 14.8 Å². The van der Waals surface area contributed by atoms with Crippen LogP contribution >= 0.6 is 12.2 Å². The molecule has 2 rings (SSSR count).